The molecule has 0 unspecified atom stereocenters. The molecule has 0 spiro atoms. The van der Waals surface area contributed by atoms with Gasteiger partial charge in [-0.15, -0.1) is 0 Å². The Morgan fingerprint density at radius 1 is 1.45 bits per heavy atom. The van der Waals surface area contributed by atoms with E-state index in [1.807, 2.05) is 24.1 Å². The third kappa shape index (κ3) is 4.03. The minimum Gasteiger partial charge on any atom is -0.368 e. The van der Waals surface area contributed by atoms with Crippen LogP contribution < -0.4 is 10.2 Å². The van der Waals surface area contributed by atoms with E-state index in [2.05, 4.69) is 32.8 Å². The van der Waals surface area contributed by atoms with Crippen LogP contribution in [0.4, 0.5) is 11.4 Å². The number of benzene rings is 1. The fourth-order valence-electron chi connectivity index (χ4n) is 2.31. The molecule has 7 heteroatoms. The van der Waals surface area contributed by atoms with Crippen LogP contribution in [0.15, 0.2) is 18.2 Å². The van der Waals surface area contributed by atoms with Crippen molar-refractivity contribution in [1.82, 2.24) is 10.2 Å². The van der Waals surface area contributed by atoms with E-state index in [4.69, 9.17) is 0 Å². The molecule has 0 aromatic heterocycles. The van der Waals surface area contributed by atoms with Crippen LogP contribution in [-0.2, 0) is 0 Å². The Kier molecular flexibility index (Phi) is 5.55. The lowest BCUT2D eigenvalue weighted by Gasteiger charge is -2.29. The van der Waals surface area contributed by atoms with Gasteiger partial charge in [0.15, 0.2) is 0 Å². The van der Waals surface area contributed by atoms with Gasteiger partial charge in [-0.25, -0.2) is 0 Å². The summed E-state index contributed by atoms with van der Waals surface area (Å²) in [5.41, 5.74) is 0.866. The number of nitro benzene ring substituents is 1. The summed E-state index contributed by atoms with van der Waals surface area (Å²) in [4.78, 5) is 15.2. The first kappa shape index (κ1) is 15.5. The summed E-state index contributed by atoms with van der Waals surface area (Å²) in [7, 11) is 1.91. The van der Waals surface area contributed by atoms with Gasteiger partial charge in [-0.05, 0) is 34.7 Å². The number of anilines is 1. The van der Waals surface area contributed by atoms with Crippen molar-refractivity contribution in [3.63, 3.8) is 0 Å². The van der Waals surface area contributed by atoms with Crippen molar-refractivity contribution in [2.45, 2.75) is 0 Å². The Bertz CT molecular complexity index is 477. The molecule has 1 aliphatic heterocycles. The second-order valence-electron chi connectivity index (χ2n) is 4.90. The number of nitrogens with one attached hydrogen (secondary N) is 1. The lowest BCUT2D eigenvalue weighted by atomic mass is 10.2. The molecule has 6 nitrogen and oxygen atoms in total. The van der Waals surface area contributed by atoms with Crippen molar-refractivity contribution >= 4 is 34.0 Å². The van der Waals surface area contributed by atoms with E-state index in [-0.39, 0.29) is 10.6 Å². The average molecular weight is 390 g/mol. The zero-order valence-corrected chi connectivity index (χ0v) is 13.7. The number of likely N-dealkylation sites (N-methyl/N-ethyl adjacent to an activating group) is 1. The third-order valence-corrected chi connectivity index (χ3v) is 4.18. The molecule has 0 amide bonds. The van der Waals surface area contributed by atoms with Gasteiger partial charge in [-0.1, -0.05) is 0 Å². The van der Waals surface area contributed by atoms with Crippen LogP contribution >= 0.6 is 22.6 Å². The standard InChI is InChI=1S/C13H19IN4O2/c1-16(8-9-17-6-4-15-5-7-17)12-3-2-11(14)10-13(12)18(19)20/h2-3,10,15H,4-9H2,1H3. The molecule has 0 aliphatic carbocycles. The van der Waals surface area contributed by atoms with E-state index in [0.29, 0.717) is 5.69 Å². The maximum Gasteiger partial charge on any atom is 0.293 e. The number of halogens is 1. The number of nitrogens with zero attached hydrogens (tertiary/aromatic N) is 3. The number of rotatable bonds is 5. The molecule has 1 aliphatic rings. The predicted octanol–water partition coefficient (Wildman–Crippen LogP) is 1.54. The average Bonchev–Trinajstić information content (AvgIpc) is 2.45. The highest BCUT2D eigenvalue weighted by Gasteiger charge is 2.18. The summed E-state index contributed by atoms with van der Waals surface area (Å²) in [6.45, 7) is 5.86. The van der Waals surface area contributed by atoms with Crippen molar-refractivity contribution in [1.29, 1.82) is 0 Å². The smallest absolute Gasteiger partial charge is 0.293 e. The fourth-order valence-corrected chi connectivity index (χ4v) is 2.79. The van der Waals surface area contributed by atoms with E-state index < -0.39 is 0 Å². The molecule has 0 saturated carbocycles. The van der Waals surface area contributed by atoms with Gasteiger partial charge in [-0.2, -0.15) is 0 Å². The first-order valence-electron chi connectivity index (χ1n) is 6.66. The van der Waals surface area contributed by atoms with E-state index in [0.717, 1.165) is 42.8 Å². The lowest BCUT2D eigenvalue weighted by molar-refractivity contribution is -0.384. The van der Waals surface area contributed by atoms with E-state index in [9.17, 15) is 10.1 Å². The monoisotopic (exact) mass is 390 g/mol. The molecule has 1 aromatic rings. The fraction of sp³-hybridized carbons (Fsp3) is 0.538. The summed E-state index contributed by atoms with van der Waals surface area (Å²) >= 11 is 2.10. The highest BCUT2D eigenvalue weighted by atomic mass is 127. The minimum atomic E-state index is -0.307. The molecule has 1 heterocycles. The van der Waals surface area contributed by atoms with Gasteiger partial charge in [0.05, 0.1) is 4.92 Å². The second kappa shape index (κ2) is 7.19. The minimum absolute atomic E-state index is 0.180. The first-order chi connectivity index (χ1) is 9.58. The predicted molar refractivity (Wildman–Crippen MR) is 88.4 cm³/mol. The van der Waals surface area contributed by atoms with E-state index in [1.54, 1.807) is 6.07 Å². The van der Waals surface area contributed by atoms with Crippen LogP contribution in [-0.4, -0.2) is 56.1 Å². The van der Waals surface area contributed by atoms with Crippen molar-refractivity contribution < 1.29 is 4.92 Å². The first-order valence-corrected chi connectivity index (χ1v) is 7.74. The summed E-state index contributed by atoms with van der Waals surface area (Å²) in [5.74, 6) is 0. The number of hydrogen-bond acceptors (Lipinski definition) is 5. The molecule has 1 aromatic carbocycles. The van der Waals surface area contributed by atoms with Crippen molar-refractivity contribution in [3.8, 4) is 0 Å². The molecule has 1 fully saturated rings. The molecule has 110 valence electrons. The molecule has 0 radical (unpaired) electrons. The summed E-state index contributed by atoms with van der Waals surface area (Å²) in [5, 5.41) is 14.5. The van der Waals surface area contributed by atoms with Crippen LogP contribution in [0.1, 0.15) is 0 Å². The molecule has 20 heavy (non-hydrogen) atoms. The van der Waals surface area contributed by atoms with Gasteiger partial charge in [-0.3, -0.25) is 15.0 Å². The van der Waals surface area contributed by atoms with Gasteiger partial charge in [0, 0.05) is 56.0 Å². The van der Waals surface area contributed by atoms with Crippen LogP contribution in [0, 0.1) is 13.7 Å². The van der Waals surface area contributed by atoms with Crippen LogP contribution in [0.5, 0.6) is 0 Å². The Labute approximate surface area is 132 Å². The summed E-state index contributed by atoms with van der Waals surface area (Å²) < 4.78 is 0.883. The summed E-state index contributed by atoms with van der Waals surface area (Å²) in [6.07, 6.45) is 0. The Morgan fingerprint density at radius 2 is 2.15 bits per heavy atom. The lowest BCUT2D eigenvalue weighted by Crippen LogP contribution is -2.46. The Balaban J connectivity index is 2.01. The van der Waals surface area contributed by atoms with Crippen LogP contribution in [0.3, 0.4) is 0 Å². The third-order valence-electron chi connectivity index (χ3n) is 3.51. The van der Waals surface area contributed by atoms with Gasteiger partial charge >= 0.3 is 0 Å². The normalized spacial score (nSPS) is 16.1. The van der Waals surface area contributed by atoms with Gasteiger partial charge in [0.1, 0.15) is 5.69 Å². The molecule has 0 atom stereocenters. The van der Waals surface area contributed by atoms with E-state index in [1.165, 1.54) is 0 Å². The maximum atomic E-state index is 11.1. The highest BCUT2D eigenvalue weighted by molar-refractivity contribution is 14.1. The molecular formula is C13H19IN4O2. The second-order valence-corrected chi connectivity index (χ2v) is 6.15. The van der Waals surface area contributed by atoms with E-state index >= 15 is 0 Å². The SMILES string of the molecule is CN(CCN1CCNCC1)c1ccc(I)cc1[N+](=O)[O-]. The number of nitro groups is 1. The Hall–Kier alpha value is -0.930. The van der Waals surface area contributed by atoms with Crippen LogP contribution in [0.2, 0.25) is 0 Å². The zero-order chi connectivity index (χ0) is 14.5. The molecular weight excluding hydrogens is 371 g/mol. The summed E-state index contributed by atoms with van der Waals surface area (Å²) in [6, 6.07) is 5.36. The molecule has 1 N–H and O–H groups in total. The molecule has 0 bridgehead atoms. The number of hydrogen-bond donors (Lipinski definition) is 1. The Morgan fingerprint density at radius 3 is 2.80 bits per heavy atom. The van der Waals surface area contributed by atoms with Gasteiger partial charge in [0.25, 0.3) is 5.69 Å². The largest absolute Gasteiger partial charge is 0.368 e. The van der Waals surface area contributed by atoms with Crippen molar-refractivity contribution in [3.05, 3.63) is 31.9 Å². The van der Waals surface area contributed by atoms with Crippen molar-refractivity contribution in [2.24, 2.45) is 0 Å². The molecule has 1 saturated heterocycles. The van der Waals surface area contributed by atoms with Gasteiger partial charge < -0.3 is 10.2 Å². The zero-order valence-electron chi connectivity index (χ0n) is 11.5. The molecule has 2 rings (SSSR count). The topological polar surface area (TPSA) is 61.6 Å². The number of piperazine rings is 1. The maximum absolute atomic E-state index is 11.1. The van der Waals surface area contributed by atoms with Crippen LogP contribution in [0.25, 0.3) is 0 Å². The highest BCUT2D eigenvalue weighted by Crippen LogP contribution is 2.28. The van der Waals surface area contributed by atoms with Gasteiger partial charge in [0.2, 0.25) is 0 Å². The van der Waals surface area contributed by atoms with Crippen molar-refractivity contribution in [2.75, 3.05) is 51.2 Å². The quantitative estimate of drug-likeness (QED) is 0.470.